The molecule has 5 nitrogen and oxygen atoms in total. The summed E-state index contributed by atoms with van der Waals surface area (Å²) in [6.07, 6.45) is 2.57. The number of hydrogen-bond acceptors (Lipinski definition) is 5. The molecular formula is C18H22F2N4O. The fourth-order valence-electron chi connectivity index (χ4n) is 3.18. The number of ether oxygens (including phenoxy) is 1. The van der Waals surface area contributed by atoms with Crippen molar-refractivity contribution in [3.63, 3.8) is 0 Å². The molecule has 3 rings (SSSR count). The molecule has 1 saturated heterocycles. The first kappa shape index (κ1) is 17.5. The highest BCUT2D eigenvalue weighted by Crippen LogP contribution is 2.25. The molecule has 25 heavy (non-hydrogen) atoms. The lowest BCUT2D eigenvalue weighted by molar-refractivity contribution is -0.0507. The molecule has 1 aliphatic heterocycles. The van der Waals surface area contributed by atoms with Gasteiger partial charge in [0.1, 0.15) is 17.9 Å². The smallest absolute Gasteiger partial charge is 0.387 e. The predicted molar refractivity (Wildman–Crippen MR) is 91.9 cm³/mol. The van der Waals surface area contributed by atoms with Gasteiger partial charge in [0, 0.05) is 50.0 Å². The number of aromatic nitrogens is 2. The number of nitrogens with zero attached hydrogens (tertiary/aromatic N) is 4. The van der Waals surface area contributed by atoms with Crippen LogP contribution in [0.15, 0.2) is 36.7 Å². The van der Waals surface area contributed by atoms with Crippen LogP contribution in [0, 0.1) is 6.92 Å². The number of anilines is 1. The van der Waals surface area contributed by atoms with Gasteiger partial charge in [0.25, 0.3) is 0 Å². The van der Waals surface area contributed by atoms with E-state index in [1.807, 2.05) is 32.2 Å². The average Bonchev–Trinajstić information content (AvgIpc) is 3.04. The molecule has 0 amide bonds. The van der Waals surface area contributed by atoms with Gasteiger partial charge in [0.05, 0.1) is 0 Å². The molecule has 7 heteroatoms. The monoisotopic (exact) mass is 348 g/mol. The minimum absolute atomic E-state index is 0.251. The van der Waals surface area contributed by atoms with E-state index in [0.29, 0.717) is 12.6 Å². The van der Waals surface area contributed by atoms with Gasteiger partial charge in [-0.1, -0.05) is 18.2 Å². The van der Waals surface area contributed by atoms with Gasteiger partial charge >= 0.3 is 6.61 Å². The molecule has 0 bridgehead atoms. The second kappa shape index (κ2) is 7.74. The van der Waals surface area contributed by atoms with Crippen LogP contribution in [0.3, 0.4) is 0 Å². The van der Waals surface area contributed by atoms with E-state index in [1.165, 1.54) is 0 Å². The third kappa shape index (κ3) is 4.42. The van der Waals surface area contributed by atoms with Crippen LogP contribution in [0.4, 0.5) is 14.6 Å². The zero-order valence-electron chi connectivity index (χ0n) is 14.4. The molecule has 0 aliphatic carbocycles. The summed E-state index contributed by atoms with van der Waals surface area (Å²) in [6, 6.07) is 9.27. The van der Waals surface area contributed by atoms with Gasteiger partial charge < -0.3 is 9.64 Å². The van der Waals surface area contributed by atoms with Crippen LogP contribution in [-0.2, 0) is 6.54 Å². The molecule has 1 aliphatic rings. The summed E-state index contributed by atoms with van der Waals surface area (Å²) in [6.45, 7) is 1.49. The normalized spacial score (nSPS) is 17.9. The average molecular weight is 348 g/mol. The fourth-order valence-corrected chi connectivity index (χ4v) is 3.18. The number of hydrogen-bond donors (Lipinski definition) is 0. The van der Waals surface area contributed by atoms with Crippen molar-refractivity contribution in [2.75, 3.05) is 25.0 Å². The van der Waals surface area contributed by atoms with Crippen LogP contribution in [0.1, 0.15) is 17.7 Å². The minimum atomic E-state index is -2.81. The van der Waals surface area contributed by atoms with Crippen LogP contribution in [0.5, 0.6) is 5.75 Å². The standard InChI is InChI=1S/C18H22F2N4O/c1-13-9-17(22-12-21-13)23(2)15-7-8-24(11-15)10-14-5-3-4-6-16(14)25-18(19)20/h3-6,9,12,15,18H,7-8,10-11H2,1-2H3. The van der Waals surface area contributed by atoms with E-state index < -0.39 is 6.61 Å². The van der Waals surface area contributed by atoms with E-state index in [9.17, 15) is 8.78 Å². The lowest BCUT2D eigenvalue weighted by Crippen LogP contribution is -2.35. The summed E-state index contributed by atoms with van der Waals surface area (Å²) in [5.74, 6) is 1.15. The Kier molecular flexibility index (Phi) is 5.43. The molecule has 0 spiro atoms. The van der Waals surface area contributed by atoms with Crippen LogP contribution in [-0.4, -0.2) is 47.7 Å². The third-order valence-corrected chi connectivity index (χ3v) is 4.53. The summed E-state index contributed by atoms with van der Waals surface area (Å²) in [5.41, 5.74) is 1.72. The Morgan fingerprint density at radius 1 is 1.32 bits per heavy atom. The van der Waals surface area contributed by atoms with Gasteiger partial charge in [0.15, 0.2) is 0 Å². The Morgan fingerprint density at radius 3 is 2.88 bits per heavy atom. The van der Waals surface area contributed by atoms with Gasteiger partial charge in [-0.15, -0.1) is 0 Å². The maximum absolute atomic E-state index is 12.5. The quantitative estimate of drug-likeness (QED) is 0.802. The maximum atomic E-state index is 12.5. The highest BCUT2D eigenvalue weighted by molar-refractivity contribution is 5.39. The first-order chi connectivity index (χ1) is 12.0. The van der Waals surface area contributed by atoms with Gasteiger partial charge in [-0.3, -0.25) is 4.90 Å². The Hall–Kier alpha value is -2.28. The molecule has 0 N–H and O–H groups in total. The summed E-state index contributed by atoms with van der Waals surface area (Å²) in [7, 11) is 2.03. The number of halogens is 2. The Balaban J connectivity index is 1.64. The molecule has 1 unspecified atom stereocenters. The van der Waals surface area contributed by atoms with E-state index in [-0.39, 0.29) is 5.75 Å². The Bertz CT molecular complexity index is 713. The van der Waals surface area contributed by atoms with E-state index in [1.54, 1.807) is 18.5 Å². The van der Waals surface area contributed by atoms with Crippen molar-refractivity contribution < 1.29 is 13.5 Å². The van der Waals surface area contributed by atoms with Crippen molar-refractivity contribution in [3.8, 4) is 5.75 Å². The van der Waals surface area contributed by atoms with Crippen LogP contribution in [0.25, 0.3) is 0 Å². The number of rotatable bonds is 6. The highest BCUT2D eigenvalue weighted by atomic mass is 19.3. The van der Waals surface area contributed by atoms with E-state index in [0.717, 1.165) is 36.6 Å². The van der Waals surface area contributed by atoms with Crippen molar-refractivity contribution in [3.05, 3.63) is 47.9 Å². The first-order valence-corrected chi connectivity index (χ1v) is 8.29. The molecule has 1 atom stereocenters. The molecule has 2 heterocycles. The lowest BCUT2D eigenvalue weighted by atomic mass is 10.2. The second-order valence-electron chi connectivity index (χ2n) is 6.29. The number of likely N-dealkylation sites (N-methyl/N-ethyl adjacent to an activating group) is 1. The number of para-hydroxylation sites is 1. The number of aryl methyl sites for hydroxylation is 1. The van der Waals surface area contributed by atoms with E-state index >= 15 is 0 Å². The largest absolute Gasteiger partial charge is 0.434 e. The van der Waals surface area contributed by atoms with Crippen molar-refractivity contribution in [1.82, 2.24) is 14.9 Å². The van der Waals surface area contributed by atoms with Crippen LogP contribution >= 0.6 is 0 Å². The summed E-state index contributed by atoms with van der Waals surface area (Å²) < 4.78 is 29.7. The fraction of sp³-hybridized carbons (Fsp3) is 0.444. The molecule has 2 aromatic rings. The SMILES string of the molecule is Cc1cc(N(C)C2CCN(Cc3ccccc3OC(F)F)C2)ncn1. The zero-order valence-corrected chi connectivity index (χ0v) is 14.4. The third-order valence-electron chi connectivity index (χ3n) is 4.53. The molecule has 1 aromatic heterocycles. The summed E-state index contributed by atoms with van der Waals surface area (Å²) in [4.78, 5) is 12.9. The molecule has 0 saturated carbocycles. The van der Waals surface area contributed by atoms with Crippen molar-refractivity contribution >= 4 is 5.82 Å². The topological polar surface area (TPSA) is 41.5 Å². The molecule has 0 radical (unpaired) electrons. The predicted octanol–water partition coefficient (Wildman–Crippen LogP) is 3.10. The zero-order chi connectivity index (χ0) is 17.8. The lowest BCUT2D eigenvalue weighted by Gasteiger charge is -2.26. The van der Waals surface area contributed by atoms with Crippen molar-refractivity contribution in [2.45, 2.75) is 32.5 Å². The van der Waals surface area contributed by atoms with Gasteiger partial charge in [-0.25, -0.2) is 9.97 Å². The van der Waals surface area contributed by atoms with Crippen molar-refractivity contribution in [2.24, 2.45) is 0 Å². The molecular weight excluding hydrogens is 326 g/mol. The van der Waals surface area contributed by atoms with Gasteiger partial charge in [0.2, 0.25) is 0 Å². The Morgan fingerprint density at radius 2 is 2.12 bits per heavy atom. The number of likely N-dealkylation sites (tertiary alicyclic amines) is 1. The summed E-state index contributed by atoms with van der Waals surface area (Å²) in [5, 5.41) is 0. The second-order valence-corrected chi connectivity index (χ2v) is 6.29. The Labute approximate surface area is 146 Å². The number of alkyl halides is 2. The molecule has 134 valence electrons. The van der Waals surface area contributed by atoms with Gasteiger partial charge in [-0.2, -0.15) is 8.78 Å². The van der Waals surface area contributed by atoms with Gasteiger partial charge in [-0.05, 0) is 19.4 Å². The first-order valence-electron chi connectivity index (χ1n) is 8.29. The molecule has 1 fully saturated rings. The maximum Gasteiger partial charge on any atom is 0.387 e. The summed E-state index contributed by atoms with van der Waals surface area (Å²) >= 11 is 0. The van der Waals surface area contributed by atoms with Crippen molar-refractivity contribution in [1.29, 1.82) is 0 Å². The van der Waals surface area contributed by atoms with E-state index in [4.69, 9.17) is 0 Å². The molecule has 1 aromatic carbocycles. The minimum Gasteiger partial charge on any atom is -0.434 e. The highest BCUT2D eigenvalue weighted by Gasteiger charge is 2.27. The van der Waals surface area contributed by atoms with E-state index in [2.05, 4.69) is 24.5 Å². The number of benzene rings is 1. The van der Waals surface area contributed by atoms with Crippen LogP contribution in [0.2, 0.25) is 0 Å². The van der Waals surface area contributed by atoms with Crippen LogP contribution < -0.4 is 9.64 Å².